The second-order valence-corrected chi connectivity index (χ2v) is 10.2. The van der Waals surface area contributed by atoms with Crippen molar-refractivity contribution in [2.45, 2.75) is 45.7 Å². The number of nitrogens with zero attached hydrogens (tertiary/aromatic N) is 2. The molecule has 0 saturated heterocycles. The van der Waals surface area contributed by atoms with Crippen LogP contribution in [0.3, 0.4) is 0 Å². The number of hydrogen-bond donors (Lipinski definition) is 1. The molecule has 2 aromatic carbocycles. The predicted molar refractivity (Wildman–Crippen MR) is 133 cm³/mol. The maximum Gasteiger partial charge on any atom is 0.242 e. The summed E-state index contributed by atoms with van der Waals surface area (Å²) in [7, 11) is -3.64. The van der Waals surface area contributed by atoms with Gasteiger partial charge in [0.1, 0.15) is 11.9 Å². The van der Waals surface area contributed by atoms with Gasteiger partial charge in [-0.2, -0.15) is 0 Å². The van der Waals surface area contributed by atoms with Gasteiger partial charge in [-0.1, -0.05) is 36.7 Å². The van der Waals surface area contributed by atoms with Gasteiger partial charge in [0.2, 0.25) is 21.8 Å². The Bertz CT molecular complexity index is 1080. The first-order valence-corrected chi connectivity index (χ1v) is 13.3. The molecule has 0 bridgehead atoms. The van der Waals surface area contributed by atoms with E-state index in [9.17, 15) is 22.4 Å². The molecule has 0 heterocycles. The molecule has 2 aromatic rings. The third kappa shape index (κ3) is 7.70. The van der Waals surface area contributed by atoms with Crippen LogP contribution in [-0.2, 0) is 26.2 Å². The topological polar surface area (TPSA) is 86.8 Å². The molecule has 0 aliphatic carbocycles. The van der Waals surface area contributed by atoms with E-state index in [4.69, 9.17) is 11.6 Å². The number of amides is 2. The van der Waals surface area contributed by atoms with Crippen molar-refractivity contribution in [1.29, 1.82) is 0 Å². The molecule has 0 aliphatic rings. The molecule has 2 rings (SSSR count). The summed E-state index contributed by atoms with van der Waals surface area (Å²) in [6.45, 7) is 4.26. The quantitative estimate of drug-likeness (QED) is 0.467. The summed E-state index contributed by atoms with van der Waals surface area (Å²) in [4.78, 5) is 27.4. The minimum atomic E-state index is -3.64. The van der Waals surface area contributed by atoms with Crippen molar-refractivity contribution in [3.8, 4) is 0 Å². The number of sulfonamides is 1. The van der Waals surface area contributed by atoms with Crippen LogP contribution in [0.1, 0.15) is 38.7 Å². The van der Waals surface area contributed by atoms with E-state index in [0.29, 0.717) is 29.2 Å². The zero-order chi connectivity index (χ0) is 25.3. The first kappa shape index (κ1) is 27.6. The Labute approximate surface area is 205 Å². The largest absolute Gasteiger partial charge is 0.355 e. The lowest BCUT2D eigenvalue weighted by Gasteiger charge is -2.31. The summed E-state index contributed by atoms with van der Waals surface area (Å²) in [6.07, 6.45) is 1.71. The lowest BCUT2D eigenvalue weighted by Crippen LogP contribution is -2.49. The highest BCUT2D eigenvalue weighted by atomic mass is 35.5. The number of carbonyl (C=O) groups is 2. The number of benzene rings is 2. The van der Waals surface area contributed by atoms with Crippen molar-refractivity contribution in [1.82, 2.24) is 10.2 Å². The molecule has 1 atom stereocenters. The number of anilines is 1. The SMILES string of the molecule is CCNC(=O)C(CC)N(Cc1ccccc1Cl)C(=O)CCCN(c1ccc(F)cc1)S(C)(=O)=O. The number of halogens is 2. The second-order valence-electron chi connectivity index (χ2n) is 7.85. The van der Waals surface area contributed by atoms with Crippen LogP contribution < -0.4 is 9.62 Å². The Morgan fingerprint density at radius 3 is 2.29 bits per heavy atom. The van der Waals surface area contributed by atoms with E-state index in [0.717, 1.165) is 10.6 Å². The highest BCUT2D eigenvalue weighted by Gasteiger charge is 2.29. The van der Waals surface area contributed by atoms with Gasteiger partial charge in [0.25, 0.3) is 0 Å². The third-order valence-electron chi connectivity index (χ3n) is 5.30. The van der Waals surface area contributed by atoms with Gasteiger partial charge in [-0.25, -0.2) is 12.8 Å². The van der Waals surface area contributed by atoms with Gasteiger partial charge in [-0.05, 0) is 55.7 Å². The zero-order valence-corrected chi connectivity index (χ0v) is 21.2. The highest BCUT2D eigenvalue weighted by molar-refractivity contribution is 7.92. The Morgan fingerprint density at radius 2 is 1.74 bits per heavy atom. The van der Waals surface area contributed by atoms with Crippen LogP contribution in [0.15, 0.2) is 48.5 Å². The highest BCUT2D eigenvalue weighted by Crippen LogP contribution is 2.22. The minimum Gasteiger partial charge on any atom is -0.355 e. The van der Waals surface area contributed by atoms with Crippen LogP contribution in [0.5, 0.6) is 0 Å². The summed E-state index contributed by atoms with van der Waals surface area (Å²) in [5, 5.41) is 3.26. The van der Waals surface area contributed by atoms with Crippen molar-refractivity contribution in [3.63, 3.8) is 0 Å². The maximum absolute atomic E-state index is 13.3. The number of hydrogen-bond acceptors (Lipinski definition) is 4. The van der Waals surface area contributed by atoms with E-state index < -0.39 is 21.9 Å². The summed E-state index contributed by atoms with van der Waals surface area (Å²) in [5.41, 5.74) is 1.03. The van der Waals surface area contributed by atoms with Crippen LogP contribution in [0, 0.1) is 5.82 Å². The second kappa shape index (κ2) is 12.7. The Balaban J connectivity index is 2.20. The Hall–Kier alpha value is -2.65. The smallest absolute Gasteiger partial charge is 0.242 e. The average molecular weight is 512 g/mol. The van der Waals surface area contributed by atoms with Crippen molar-refractivity contribution in [2.75, 3.05) is 23.7 Å². The number of likely N-dealkylation sites (N-methyl/N-ethyl adjacent to an activating group) is 1. The average Bonchev–Trinajstić information content (AvgIpc) is 2.78. The molecule has 10 heteroatoms. The molecule has 1 N–H and O–H groups in total. The van der Waals surface area contributed by atoms with Gasteiger partial charge in [0.05, 0.1) is 11.9 Å². The van der Waals surface area contributed by atoms with E-state index in [1.54, 1.807) is 25.1 Å². The summed E-state index contributed by atoms with van der Waals surface area (Å²) in [5.74, 6) is -1.02. The molecule has 1 unspecified atom stereocenters. The standard InChI is InChI=1S/C24H31ClFN3O4S/c1-4-22(24(31)27-5-2)28(17-18-9-6-7-10-21(18)25)23(30)11-8-16-29(34(3,32)33)20-14-12-19(26)13-15-20/h6-7,9-10,12-15,22H,4-5,8,11,16-17H2,1-3H3,(H,27,31). The van der Waals surface area contributed by atoms with Gasteiger partial charge in [0, 0.05) is 31.1 Å². The number of rotatable bonds is 12. The minimum absolute atomic E-state index is 0.0214. The summed E-state index contributed by atoms with van der Waals surface area (Å²) in [6, 6.07) is 11.6. The predicted octanol–water partition coefficient (Wildman–Crippen LogP) is 3.97. The van der Waals surface area contributed by atoms with Gasteiger partial charge in [-0.3, -0.25) is 13.9 Å². The maximum atomic E-state index is 13.3. The Morgan fingerprint density at radius 1 is 1.09 bits per heavy atom. The van der Waals surface area contributed by atoms with Crippen molar-refractivity contribution >= 4 is 39.1 Å². The molecular weight excluding hydrogens is 481 g/mol. The number of nitrogens with one attached hydrogen (secondary N) is 1. The molecule has 2 amide bonds. The van der Waals surface area contributed by atoms with Crippen molar-refractivity contribution < 1.29 is 22.4 Å². The molecular formula is C24H31ClFN3O4S. The number of carbonyl (C=O) groups excluding carboxylic acids is 2. The van der Waals surface area contributed by atoms with E-state index in [-0.39, 0.29) is 37.7 Å². The first-order valence-electron chi connectivity index (χ1n) is 11.1. The molecule has 0 aromatic heterocycles. The lowest BCUT2D eigenvalue weighted by molar-refractivity contribution is -0.141. The molecule has 0 aliphatic heterocycles. The molecule has 186 valence electrons. The molecule has 0 fully saturated rings. The van der Waals surface area contributed by atoms with Crippen molar-refractivity contribution in [3.05, 3.63) is 64.9 Å². The van der Waals surface area contributed by atoms with E-state index in [1.807, 2.05) is 13.0 Å². The van der Waals surface area contributed by atoms with Gasteiger partial charge in [-0.15, -0.1) is 0 Å². The third-order valence-corrected chi connectivity index (χ3v) is 6.87. The van der Waals surface area contributed by atoms with Gasteiger partial charge in [0.15, 0.2) is 0 Å². The molecule has 34 heavy (non-hydrogen) atoms. The fraction of sp³-hybridized carbons (Fsp3) is 0.417. The van der Waals surface area contributed by atoms with Crippen molar-refractivity contribution in [2.24, 2.45) is 0 Å². The lowest BCUT2D eigenvalue weighted by atomic mass is 10.1. The Kier molecular flexibility index (Phi) is 10.3. The van der Waals surface area contributed by atoms with E-state index in [1.165, 1.54) is 29.2 Å². The summed E-state index contributed by atoms with van der Waals surface area (Å²) < 4.78 is 39.0. The van der Waals surface area contributed by atoms with Gasteiger partial charge >= 0.3 is 0 Å². The van der Waals surface area contributed by atoms with Crippen LogP contribution in [-0.4, -0.2) is 50.5 Å². The molecule has 7 nitrogen and oxygen atoms in total. The zero-order valence-electron chi connectivity index (χ0n) is 19.6. The van der Waals surface area contributed by atoms with E-state index >= 15 is 0 Å². The normalized spacial score (nSPS) is 12.1. The molecule has 0 saturated carbocycles. The fourth-order valence-electron chi connectivity index (χ4n) is 3.63. The van der Waals surface area contributed by atoms with Crippen LogP contribution in [0.25, 0.3) is 0 Å². The summed E-state index contributed by atoms with van der Waals surface area (Å²) >= 11 is 6.30. The molecule has 0 radical (unpaired) electrons. The first-order chi connectivity index (χ1) is 16.1. The van der Waals surface area contributed by atoms with Crippen LogP contribution in [0.4, 0.5) is 10.1 Å². The molecule has 0 spiro atoms. The van der Waals surface area contributed by atoms with Crippen LogP contribution in [0.2, 0.25) is 5.02 Å². The fourth-order valence-corrected chi connectivity index (χ4v) is 4.79. The van der Waals surface area contributed by atoms with Crippen LogP contribution >= 0.6 is 11.6 Å². The van der Waals surface area contributed by atoms with E-state index in [2.05, 4.69) is 5.32 Å². The monoisotopic (exact) mass is 511 g/mol. The van der Waals surface area contributed by atoms with Gasteiger partial charge < -0.3 is 10.2 Å².